The van der Waals surface area contributed by atoms with Gasteiger partial charge in [-0.3, -0.25) is 0 Å². The predicted octanol–water partition coefficient (Wildman–Crippen LogP) is 0.661. The van der Waals surface area contributed by atoms with Crippen molar-refractivity contribution in [3.8, 4) is 0 Å². The van der Waals surface area contributed by atoms with Crippen molar-refractivity contribution in [2.75, 3.05) is 20.3 Å². The molecule has 6 heteroatoms. The molecule has 0 aliphatic rings. The molecule has 0 heterocycles. The first-order chi connectivity index (χ1) is 7.47. The van der Waals surface area contributed by atoms with Crippen LogP contribution in [0.4, 0.5) is 0 Å². The molecular weight excluding hydrogens is 230 g/mol. The first-order valence-electron chi connectivity index (χ1n) is 5.20. The third kappa shape index (κ3) is 5.60. The molecule has 0 unspecified atom stereocenters. The van der Waals surface area contributed by atoms with Gasteiger partial charge in [-0.1, -0.05) is 13.0 Å². The Morgan fingerprint density at radius 3 is 2.44 bits per heavy atom. The highest BCUT2D eigenvalue weighted by atomic mass is 32.2. The van der Waals surface area contributed by atoms with Gasteiger partial charge in [0.1, 0.15) is 5.25 Å². The van der Waals surface area contributed by atoms with Crippen molar-refractivity contribution in [1.29, 1.82) is 0 Å². The molecule has 0 saturated heterocycles. The van der Waals surface area contributed by atoms with Gasteiger partial charge in [0.2, 0.25) is 10.0 Å². The summed E-state index contributed by atoms with van der Waals surface area (Å²) in [5, 5.41) is 4.46. The molecule has 0 fully saturated rings. The fourth-order valence-electron chi connectivity index (χ4n) is 1.48. The highest BCUT2D eigenvalue weighted by Gasteiger charge is 2.29. The summed E-state index contributed by atoms with van der Waals surface area (Å²) >= 11 is 0. The highest BCUT2D eigenvalue weighted by Crippen LogP contribution is 2.15. The van der Waals surface area contributed by atoms with E-state index >= 15 is 0 Å². The Balaban J connectivity index is 4.53. The van der Waals surface area contributed by atoms with Crippen molar-refractivity contribution in [2.24, 2.45) is 5.14 Å². The molecule has 0 aliphatic heterocycles. The van der Waals surface area contributed by atoms with Gasteiger partial charge in [0.15, 0.2) is 0 Å². The van der Waals surface area contributed by atoms with Gasteiger partial charge in [0, 0.05) is 7.11 Å². The Morgan fingerprint density at radius 1 is 1.44 bits per heavy atom. The lowest BCUT2D eigenvalue weighted by Gasteiger charge is -2.23. The Labute approximate surface area is 97.7 Å². The minimum absolute atomic E-state index is 0.348. The molecule has 2 N–H and O–H groups in total. The van der Waals surface area contributed by atoms with Gasteiger partial charge in [-0.05, 0) is 12.8 Å². The fourth-order valence-corrected chi connectivity index (χ4v) is 2.56. The van der Waals surface area contributed by atoms with Crippen LogP contribution in [0.2, 0.25) is 0 Å². The molecule has 0 aliphatic carbocycles. The second kappa shape index (κ2) is 7.78. The average molecular weight is 251 g/mol. The summed E-state index contributed by atoms with van der Waals surface area (Å²) < 4.78 is 33.0. The van der Waals surface area contributed by atoms with Crippen molar-refractivity contribution in [2.45, 2.75) is 31.1 Å². The summed E-state index contributed by atoms with van der Waals surface area (Å²) in [6.45, 7) is 6.12. The monoisotopic (exact) mass is 251 g/mol. The minimum atomic E-state index is -3.59. The summed E-state index contributed by atoms with van der Waals surface area (Å²) in [5.74, 6) is 0. The van der Waals surface area contributed by atoms with E-state index in [1.807, 2.05) is 0 Å². The Kier molecular flexibility index (Phi) is 7.57. The molecule has 0 aromatic heterocycles. The van der Waals surface area contributed by atoms with Crippen LogP contribution in [-0.4, -0.2) is 40.1 Å². The molecule has 0 aromatic rings. The van der Waals surface area contributed by atoms with Crippen molar-refractivity contribution >= 4 is 10.0 Å². The smallest absolute Gasteiger partial charge is 0.214 e. The third-order valence-electron chi connectivity index (χ3n) is 2.26. The van der Waals surface area contributed by atoms with E-state index < -0.39 is 21.4 Å². The van der Waals surface area contributed by atoms with Crippen LogP contribution in [0, 0.1) is 0 Å². The fraction of sp³-hybridized carbons (Fsp3) is 0.800. The third-order valence-corrected chi connectivity index (χ3v) is 3.74. The normalized spacial score (nSPS) is 15.7. The van der Waals surface area contributed by atoms with E-state index in [4.69, 9.17) is 14.6 Å². The van der Waals surface area contributed by atoms with Crippen LogP contribution < -0.4 is 5.14 Å². The number of hydrogen-bond acceptors (Lipinski definition) is 4. The van der Waals surface area contributed by atoms with E-state index in [9.17, 15) is 8.42 Å². The van der Waals surface area contributed by atoms with Crippen LogP contribution in [0.1, 0.15) is 19.8 Å². The zero-order valence-corrected chi connectivity index (χ0v) is 10.7. The molecule has 0 saturated carbocycles. The standard InChI is InChI=1S/C10H21NO4S/c1-4-6-9(15-8-7-14-3)10(5-2)16(11,12)13/h4,9-10H,1,5-8H2,2-3H3,(H2,11,12,13)/t9-,10-/m0/s1. The number of rotatable bonds is 9. The van der Waals surface area contributed by atoms with E-state index in [2.05, 4.69) is 6.58 Å². The van der Waals surface area contributed by atoms with E-state index in [0.29, 0.717) is 26.1 Å². The highest BCUT2D eigenvalue weighted by molar-refractivity contribution is 7.89. The minimum Gasteiger partial charge on any atom is -0.382 e. The zero-order chi connectivity index (χ0) is 12.6. The van der Waals surface area contributed by atoms with Crippen LogP contribution in [0.5, 0.6) is 0 Å². The van der Waals surface area contributed by atoms with Gasteiger partial charge in [-0.15, -0.1) is 6.58 Å². The summed E-state index contributed by atoms with van der Waals surface area (Å²) in [6, 6.07) is 0. The predicted molar refractivity (Wildman–Crippen MR) is 63.6 cm³/mol. The van der Waals surface area contributed by atoms with Crippen LogP contribution in [0.15, 0.2) is 12.7 Å². The lowest BCUT2D eigenvalue weighted by atomic mass is 10.1. The SMILES string of the molecule is C=CC[C@H](OCCOC)[C@H](CC)S(N)(=O)=O. The molecule has 0 bridgehead atoms. The van der Waals surface area contributed by atoms with Crippen LogP contribution in [-0.2, 0) is 19.5 Å². The molecular formula is C10H21NO4S. The number of hydrogen-bond donors (Lipinski definition) is 1. The number of ether oxygens (including phenoxy) is 2. The molecule has 0 radical (unpaired) electrons. The Hall–Kier alpha value is -0.430. The molecule has 0 aromatic carbocycles. The number of sulfonamides is 1. The maximum absolute atomic E-state index is 11.3. The van der Waals surface area contributed by atoms with Gasteiger partial charge in [0.25, 0.3) is 0 Å². The number of primary sulfonamides is 1. The van der Waals surface area contributed by atoms with Gasteiger partial charge in [0.05, 0.1) is 19.3 Å². The lowest BCUT2D eigenvalue weighted by molar-refractivity contribution is 0.0163. The Morgan fingerprint density at radius 2 is 2.06 bits per heavy atom. The van der Waals surface area contributed by atoms with E-state index in [1.165, 1.54) is 0 Å². The maximum atomic E-state index is 11.3. The quantitative estimate of drug-likeness (QED) is 0.482. The summed E-state index contributed by atoms with van der Waals surface area (Å²) in [5.41, 5.74) is 0. The number of methoxy groups -OCH3 is 1. The van der Waals surface area contributed by atoms with Crippen LogP contribution in [0.25, 0.3) is 0 Å². The van der Waals surface area contributed by atoms with Crippen molar-refractivity contribution in [3.05, 3.63) is 12.7 Å². The second-order valence-electron chi connectivity index (χ2n) is 3.46. The van der Waals surface area contributed by atoms with Gasteiger partial charge < -0.3 is 9.47 Å². The maximum Gasteiger partial charge on any atom is 0.214 e. The molecule has 16 heavy (non-hydrogen) atoms. The Bertz CT molecular complexity index is 289. The second-order valence-corrected chi connectivity index (χ2v) is 5.25. The van der Waals surface area contributed by atoms with Crippen molar-refractivity contribution in [1.82, 2.24) is 0 Å². The van der Waals surface area contributed by atoms with Gasteiger partial charge in [-0.2, -0.15) is 0 Å². The molecule has 96 valence electrons. The van der Waals surface area contributed by atoms with Crippen LogP contribution in [0.3, 0.4) is 0 Å². The topological polar surface area (TPSA) is 78.6 Å². The van der Waals surface area contributed by atoms with Gasteiger partial charge >= 0.3 is 0 Å². The largest absolute Gasteiger partial charge is 0.382 e. The first kappa shape index (κ1) is 15.6. The first-order valence-corrected chi connectivity index (χ1v) is 6.81. The lowest BCUT2D eigenvalue weighted by Crippen LogP contribution is -2.40. The molecule has 0 amide bonds. The van der Waals surface area contributed by atoms with E-state index in [1.54, 1.807) is 20.1 Å². The van der Waals surface area contributed by atoms with Crippen LogP contribution >= 0.6 is 0 Å². The van der Waals surface area contributed by atoms with Crippen molar-refractivity contribution in [3.63, 3.8) is 0 Å². The van der Waals surface area contributed by atoms with Gasteiger partial charge in [-0.25, -0.2) is 13.6 Å². The zero-order valence-electron chi connectivity index (χ0n) is 9.89. The van der Waals surface area contributed by atoms with Crippen molar-refractivity contribution < 1.29 is 17.9 Å². The summed E-state index contributed by atoms with van der Waals surface area (Å²) in [4.78, 5) is 0. The number of nitrogens with two attached hydrogens (primary N) is 1. The average Bonchev–Trinajstić information content (AvgIpc) is 2.17. The molecule has 5 nitrogen and oxygen atoms in total. The summed E-state index contributed by atoms with van der Waals surface area (Å²) in [7, 11) is -2.03. The van der Waals surface area contributed by atoms with E-state index in [-0.39, 0.29) is 0 Å². The summed E-state index contributed by atoms with van der Waals surface area (Å²) in [6.07, 6.45) is 2.06. The molecule has 0 spiro atoms. The van der Waals surface area contributed by atoms with E-state index in [0.717, 1.165) is 0 Å². The molecule has 2 atom stereocenters. The molecule has 0 rings (SSSR count).